The summed E-state index contributed by atoms with van der Waals surface area (Å²) in [6, 6.07) is 11.1. The Morgan fingerprint density at radius 1 is 1.13 bits per heavy atom. The number of para-hydroxylation sites is 1. The summed E-state index contributed by atoms with van der Waals surface area (Å²) < 4.78 is 5.60. The van der Waals surface area contributed by atoms with Crippen molar-refractivity contribution in [2.24, 2.45) is 0 Å². The molecule has 2 heteroatoms. The van der Waals surface area contributed by atoms with Crippen molar-refractivity contribution in [2.45, 2.75) is 0 Å². The molecule has 1 aromatic heterocycles. The van der Waals surface area contributed by atoms with Crippen molar-refractivity contribution in [3.8, 4) is 23.8 Å². The molecule has 1 aromatic carbocycles. The molecule has 72 valence electrons. The highest BCUT2D eigenvalue weighted by atomic mass is 16.5. The second-order valence-corrected chi connectivity index (χ2v) is 2.93. The van der Waals surface area contributed by atoms with Gasteiger partial charge in [0.25, 0.3) is 0 Å². The number of aromatic nitrogens is 1. The van der Waals surface area contributed by atoms with E-state index >= 15 is 0 Å². The van der Waals surface area contributed by atoms with Crippen LogP contribution in [0.15, 0.2) is 48.8 Å². The van der Waals surface area contributed by atoms with Crippen LogP contribution in [-0.4, -0.2) is 4.98 Å². The lowest BCUT2D eigenvalue weighted by atomic mass is 10.2. The number of ether oxygens (including phenoxy) is 1. The molecule has 0 fully saturated rings. The van der Waals surface area contributed by atoms with Gasteiger partial charge in [-0.25, -0.2) is 0 Å². The van der Waals surface area contributed by atoms with Crippen molar-refractivity contribution >= 4 is 0 Å². The van der Waals surface area contributed by atoms with E-state index in [1.807, 2.05) is 36.4 Å². The van der Waals surface area contributed by atoms with Gasteiger partial charge < -0.3 is 4.74 Å². The number of hydrogen-bond donors (Lipinski definition) is 0. The predicted molar refractivity (Wildman–Crippen MR) is 58.7 cm³/mol. The van der Waals surface area contributed by atoms with Gasteiger partial charge in [0, 0.05) is 6.20 Å². The molecular weight excluding hydrogens is 186 g/mol. The van der Waals surface area contributed by atoms with E-state index in [9.17, 15) is 0 Å². The van der Waals surface area contributed by atoms with Crippen LogP contribution < -0.4 is 4.74 Å². The van der Waals surface area contributed by atoms with Crippen LogP contribution in [0, 0.1) is 12.3 Å². The Balaban J connectivity index is 2.29. The van der Waals surface area contributed by atoms with Crippen LogP contribution in [0.1, 0.15) is 5.56 Å². The van der Waals surface area contributed by atoms with Gasteiger partial charge in [-0.05, 0) is 24.3 Å². The molecule has 0 atom stereocenters. The number of hydrogen-bond acceptors (Lipinski definition) is 2. The maximum Gasteiger partial charge on any atom is 0.145 e. The van der Waals surface area contributed by atoms with Gasteiger partial charge in [-0.3, -0.25) is 4.98 Å². The molecule has 15 heavy (non-hydrogen) atoms. The Bertz CT molecular complexity index is 485. The third-order valence-electron chi connectivity index (χ3n) is 1.90. The summed E-state index contributed by atoms with van der Waals surface area (Å²) in [5, 5.41) is 0. The first kappa shape index (κ1) is 9.29. The largest absolute Gasteiger partial charge is 0.454 e. The minimum Gasteiger partial charge on any atom is -0.454 e. The molecule has 0 saturated carbocycles. The number of benzene rings is 1. The van der Waals surface area contributed by atoms with Gasteiger partial charge in [-0.15, -0.1) is 6.42 Å². The Labute approximate surface area is 88.6 Å². The van der Waals surface area contributed by atoms with Gasteiger partial charge >= 0.3 is 0 Å². The Morgan fingerprint density at radius 2 is 2.00 bits per heavy atom. The number of terminal acetylenes is 1. The quantitative estimate of drug-likeness (QED) is 0.687. The predicted octanol–water partition coefficient (Wildman–Crippen LogP) is 2.86. The van der Waals surface area contributed by atoms with Crippen LogP contribution >= 0.6 is 0 Å². The second-order valence-electron chi connectivity index (χ2n) is 2.93. The fraction of sp³-hybridized carbons (Fsp3) is 0. The third kappa shape index (κ3) is 2.15. The molecule has 1 heterocycles. The minimum atomic E-state index is 0.674. The monoisotopic (exact) mass is 195 g/mol. The number of nitrogens with zero attached hydrogens (tertiary/aromatic N) is 1. The summed E-state index contributed by atoms with van der Waals surface area (Å²) in [5.74, 6) is 3.93. The van der Waals surface area contributed by atoms with E-state index in [1.165, 1.54) is 0 Å². The molecule has 0 amide bonds. The normalized spacial score (nSPS) is 9.27. The lowest BCUT2D eigenvalue weighted by Gasteiger charge is -2.06. The zero-order valence-corrected chi connectivity index (χ0v) is 8.05. The van der Waals surface area contributed by atoms with E-state index in [0.29, 0.717) is 11.5 Å². The SMILES string of the molecule is C#Cc1ccccc1Oc1cccnc1. The van der Waals surface area contributed by atoms with Crippen LogP contribution in [0.2, 0.25) is 0 Å². The van der Waals surface area contributed by atoms with Gasteiger partial charge in [0.1, 0.15) is 11.5 Å². The average molecular weight is 195 g/mol. The van der Waals surface area contributed by atoms with E-state index < -0.39 is 0 Å². The molecule has 0 spiro atoms. The van der Waals surface area contributed by atoms with Gasteiger partial charge in [0.15, 0.2) is 0 Å². The lowest BCUT2D eigenvalue weighted by molar-refractivity contribution is 0.479. The molecule has 0 N–H and O–H groups in total. The third-order valence-corrected chi connectivity index (χ3v) is 1.90. The van der Waals surface area contributed by atoms with Crippen LogP contribution in [0.3, 0.4) is 0 Å². The molecule has 0 saturated heterocycles. The molecule has 0 aliphatic carbocycles. The molecule has 0 aliphatic heterocycles. The molecule has 2 aromatic rings. The molecule has 0 bridgehead atoms. The van der Waals surface area contributed by atoms with Gasteiger partial charge in [-0.1, -0.05) is 18.1 Å². The van der Waals surface area contributed by atoms with Crippen LogP contribution in [-0.2, 0) is 0 Å². The van der Waals surface area contributed by atoms with E-state index in [1.54, 1.807) is 12.4 Å². The smallest absolute Gasteiger partial charge is 0.145 e. The fourth-order valence-electron chi connectivity index (χ4n) is 1.21. The summed E-state index contributed by atoms with van der Waals surface area (Å²) in [5.41, 5.74) is 0.737. The topological polar surface area (TPSA) is 22.1 Å². The highest BCUT2D eigenvalue weighted by Gasteiger charge is 2.00. The van der Waals surface area contributed by atoms with Crippen molar-refractivity contribution in [1.82, 2.24) is 4.98 Å². The minimum absolute atomic E-state index is 0.674. The fourth-order valence-corrected chi connectivity index (χ4v) is 1.21. The molecule has 2 rings (SSSR count). The molecule has 0 unspecified atom stereocenters. The summed E-state index contributed by atoms with van der Waals surface area (Å²) in [4.78, 5) is 3.96. The molecule has 2 nitrogen and oxygen atoms in total. The number of pyridine rings is 1. The van der Waals surface area contributed by atoms with Crippen LogP contribution in [0.5, 0.6) is 11.5 Å². The van der Waals surface area contributed by atoms with E-state index in [0.717, 1.165) is 5.56 Å². The van der Waals surface area contributed by atoms with Crippen LogP contribution in [0.25, 0.3) is 0 Å². The first-order chi connectivity index (χ1) is 7.40. The standard InChI is InChI=1S/C13H9NO/c1-2-11-6-3-4-8-13(11)15-12-7-5-9-14-10-12/h1,3-10H. The molecule has 0 aliphatic rings. The zero-order chi connectivity index (χ0) is 10.5. The van der Waals surface area contributed by atoms with Crippen molar-refractivity contribution in [2.75, 3.05) is 0 Å². The molecular formula is C13H9NO. The number of rotatable bonds is 2. The van der Waals surface area contributed by atoms with Gasteiger partial charge in [0.05, 0.1) is 11.8 Å². The summed E-state index contributed by atoms with van der Waals surface area (Å²) >= 11 is 0. The van der Waals surface area contributed by atoms with Crippen LogP contribution in [0.4, 0.5) is 0 Å². The van der Waals surface area contributed by atoms with E-state index in [4.69, 9.17) is 11.2 Å². The Kier molecular flexibility index (Phi) is 2.66. The van der Waals surface area contributed by atoms with Gasteiger partial charge in [0.2, 0.25) is 0 Å². The Hall–Kier alpha value is -2.27. The highest BCUT2D eigenvalue weighted by Crippen LogP contribution is 2.23. The second kappa shape index (κ2) is 4.30. The average Bonchev–Trinajstić information content (AvgIpc) is 2.31. The van der Waals surface area contributed by atoms with Crippen molar-refractivity contribution in [3.05, 3.63) is 54.4 Å². The lowest BCUT2D eigenvalue weighted by Crippen LogP contribution is -1.87. The zero-order valence-electron chi connectivity index (χ0n) is 8.05. The maximum absolute atomic E-state index is 5.60. The van der Waals surface area contributed by atoms with Crippen molar-refractivity contribution in [1.29, 1.82) is 0 Å². The summed E-state index contributed by atoms with van der Waals surface area (Å²) in [6.07, 6.45) is 8.70. The first-order valence-electron chi connectivity index (χ1n) is 4.53. The van der Waals surface area contributed by atoms with Crippen molar-refractivity contribution in [3.63, 3.8) is 0 Å². The summed E-state index contributed by atoms with van der Waals surface area (Å²) in [6.45, 7) is 0. The van der Waals surface area contributed by atoms with E-state index in [2.05, 4.69) is 10.9 Å². The molecule has 0 radical (unpaired) electrons. The summed E-state index contributed by atoms with van der Waals surface area (Å²) in [7, 11) is 0. The highest BCUT2D eigenvalue weighted by molar-refractivity contribution is 5.46. The first-order valence-corrected chi connectivity index (χ1v) is 4.53. The van der Waals surface area contributed by atoms with Gasteiger partial charge in [-0.2, -0.15) is 0 Å². The van der Waals surface area contributed by atoms with Crippen molar-refractivity contribution < 1.29 is 4.74 Å². The Morgan fingerprint density at radius 3 is 2.73 bits per heavy atom. The maximum atomic E-state index is 5.60. The van der Waals surface area contributed by atoms with E-state index in [-0.39, 0.29) is 0 Å².